The molecule has 0 aliphatic heterocycles. The van der Waals surface area contributed by atoms with Gasteiger partial charge in [0.15, 0.2) is 0 Å². The van der Waals surface area contributed by atoms with Gasteiger partial charge in [0.2, 0.25) is 0 Å². The molecule has 0 aromatic rings. The third kappa shape index (κ3) is 17.1. The number of carbonyl (C=O) groups excluding carboxylic acids is 5. The predicted octanol–water partition coefficient (Wildman–Crippen LogP) is -7.94. The first kappa shape index (κ1) is 29.8. The fraction of sp³-hybridized carbons (Fsp3) is 0.667. The molecule has 14 heteroatoms. The second-order valence-corrected chi connectivity index (χ2v) is 5.76. The fourth-order valence-corrected chi connectivity index (χ4v) is 2.24. The van der Waals surface area contributed by atoms with E-state index in [1.165, 1.54) is 4.90 Å². The second kappa shape index (κ2) is 16.4. The first-order valence-electron chi connectivity index (χ1n) is 8.06. The van der Waals surface area contributed by atoms with Crippen LogP contribution in [0.4, 0.5) is 0 Å². The van der Waals surface area contributed by atoms with Gasteiger partial charge in [-0.05, 0) is 0 Å². The van der Waals surface area contributed by atoms with Crippen molar-refractivity contribution in [2.75, 3.05) is 66.0 Å². The number of ether oxygens (including phenoxy) is 1. The summed E-state index contributed by atoms with van der Waals surface area (Å²) in [4.78, 5) is 57.7. The number of hydrogen-bond acceptors (Lipinski definition) is 13. The molecule has 0 spiro atoms. The molecular formula is C15H21GdN3O10-. The molecule has 0 heterocycles. The normalized spacial score (nSPS) is 10.6. The Labute approximate surface area is 198 Å². The van der Waals surface area contributed by atoms with Crippen LogP contribution in [-0.2, 0) is 28.7 Å². The van der Waals surface area contributed by atoms with Crippen molar-refractivity contribution in [3.05, 3.63) is 0 Å². The van der Waals surface area contributed by atoms with Crippen LogP contribution in [0.15, 0.2) is 0 Å². The molecule has 0 saturated carbocycles. The molecule has 0 saturated heterocycles. The maximum atomic E-state index is 11.5. The minimum Gasteiger partial charge on any atom is -0.549 e. The van der Waals surface area contributed by atoms with Gasteiger partial charge in [0.05, 0.1) is 37.5 Å². The molecule has 13 nitrogen and oxygen atoms in total. The third-order valence-corrected chi connectivity index (χ3v) is 3.46. The van der Waals surface area contributed by atoms with Crippen LogP contribution in [0.5, 0.6) is 0 Å². The molecule has 29 heavy (non-hydrogen) atoms. The maximum Gasteiger partial charge on any atom is 3.00 e. The number of nitrogens with zero attached hydrogens (tertiary/aromatic N) is 3. The molecule has 165 valence electrons. The molecule has 0 atom stereocenters. The Kier molecular flexibility index (Phi) is 16.8. The number of hydrogen-bond donors (Lipinski definition) is 0. The Bertz CT molecular complexity index is 503. The SMILES string of the molecule is COC(=O)CN(CCN(CC(=O)[O-])CC(=O)[O-])CCN(CC(=O)[O-])CC(=O)[O-].[Gd+3]. The molecule has 0 bridgehead atoms. The van der Waals surface area contributed by atoms with Crippen LogP contribution in [0.25, 0.3) is 0 Å². The Hall–Kier alpha value is -1.45. The van der Waals surface area contributed by atoms with Gasteiger partial charge >= 0.3 is 45.9 Å². The van der Waals surface area contributed by atoms with Gasteiger partial charge in [-0.1, -0.05) is 0 Å². The monoisotopic (exact) mass is 561 g/mol. The number of rotatable bonds is 16. The molecule has 0 aliphatic carbocycles. The molecule has 0 aromatic carbocycles. The smallest absolute Gasteiger partial charge is 0.549 e. The number of esters is 1. The van der Waals surface area contributed by atoms with E-state index in [0.717, 1.165) is 16.9 Å². The van der Waals surface area contributed by atoms with Crippen molar-refractivity contribution in [3.8, 4) is 0 Å². The van der Waals surface area contributed by atoms with Crippen LogP contribution >= 0.6 is 0 Å². The molecule has 0 amide bonds. The summed E-state index contributed by atoms with van der Waals surface area (Å²) in [6.45, 7) is -3.18. The first-order chi connectivity index (χ1) is 13.0. The Balaban J connectivity index is 0. The summed E-state index contributed by atoms with van der Waals surface area (Å²) in [6.07, 6.45) is 0. The summed E-state index contributed by atoms with van der Waals surface area (Å²) in [5.74, 6) is -6.67. The van der Waals surface area contributed by atoms with Crippen LogP contribution < -0.4 is 20.4 Å². The van der Waals surface area contributed by atoms with E-state index in [9.17, 15) is 44.4 Å². The van der Waals surface area contributed by atoms with Crippen LogP contribution in [0, 0.1) is 39.9 Å². The van der Waals surface area contributed by atoms with Gasteiger partial charge in [0.25, 0.3) is 0 Å². The van der Waals surface area contributed by atoms with Crippen LogP contribution in [0.3, 0.4) is 0 Å². The summed E-state index contributed by atoms with van der Waals surface area (Å²) in [6, 6.07) is 0. The molecule has 0 N–H and O–H groups in total. The quantitative estimate of drug-likeness (QED) is 0.162. The third-order valence-electron chi connectivity index (χ3n) is 3.46. The van der Waals surface area contributed by atoms with Gasteiger partial charge < -0.3 is 44.3 Å². The summed E-state index contributed by atoms with van der Waals surface area (Å²) in [5.41, 5.74) is 0. The zero-order valence-electron chi connectivity index (χ0n) is 15.6. The van der Waals surface area contributed by atoms with Gasteiger partial charge in [0.1, 0.15) is 0 Å². The van der Waals surface area contributed by atoms with Gasteiger partial charge in [-0.2, -0.15) is 0 Å². The van der Waals surface area contributed by atoms with Crippen molar-refractivity contribution in [1.82, 2.24) is 14.7 Å². The molecule has 1 radical (unpaired) electrons. The van der Waals surface area contributed by atoms with Crippen LogP contribution in [-0.4, -0.2) is 111 Å². The summed E-state index contributed by atoms with van der Waals surface area (Å²) < 4.78 is 4.53. The van der Waals surface area contributed by atoms with E-state index in [1.807, 2.05) is 0 Å². The van der Waals surface area contributed by atoms with E-state index in [1.54, 1.807) is 0 Å². The number of carboxylic acids is 4. The Morgan fingerprint density at radius 3 is 1.10 bits per heavy atom. The van der Waals surface area contributed by atoms with Crippen molar-refractivity contribution >= 4 is 29.8 Å². The molecule has 0 unspecified atom stereocenters. The zero-order chi connectivity index (χ0) is 21.7. The fourth-order valence-electron chi connectivity index (χ4n) is 2.24. The zero-order valence-corrected chi connectivity index (χ0v) is 17.9. The van der Waals surface area contributed by atoms with Gasteiger partial charge in [0, 0.05) is 52.4 Å². The molecule has 0 fully saturated rings. The van der Waals surface area contributed by atoms with Crippen molar-refractivity contribution in [2.24, 2.45) is 0 Å². The Morgan fingerprint density at radius 1 is 0.586 bits per heavy atom. The minimum atomic E-state index is -1.50. The summed E-state index contributed by atoms with van der Waals surface area (Å²) in [5, 5.41) is 42.8. The van der Waals surface area contributed by atoms with Crippen molar-refractivity contribution in [1.29, 1.82) is 0 Å². The predicted molar refractivity (Wildman–Crippen MR) is 81.4 cm³/mol. The maximum absolute atomic E-state index is 11.5. The van der Waals surface area contributed by atoms with Crippen molar-refractivity contribution in [2.45, 2.75) is 0 Å². The van der Waals surface area contributed by atoms with Crippen molar-refractivity contribution < 1.29 is 89.1 Å². The molecule has 0 rings (SSSR count). The summed E-state index contributed by atoms with van der Waals surface area (Å²) >= 11 is 0. The van der Waals surface area contributed by atoms with E-state index in [2.05, 4.69) is 4.74 Å². The van der Waals surface area contributed by atoms with Gasteiger partial charge in [-0.25, -0.2) is 0 Å². The number of aliphatic carboxylic acids is 4. The number of carboxylic acid groups (broad SMARTS) is 4. The standard InChI is InChI=1S/C15H25N3O10.Gd/c1-28-15(27)10-16(2-4-17(6-11(19)20)7-12(21)22)3-5-18(8-13(23)24)9-14(25)26;/h2-10H2,1H3,(H,19,20)(H,21,22)(H,23,24)(H,25,26);/q;+3/p-4. The van der Waals surface area contributed by atoms with Crippen LogP contribution in [0.1, 0.15) is 0 Å². The van der Waals surface area contributed by atoms with Crippen molar-refractivity contribution in [3.63, 3.8) is 0 Å². The first-order valence-corrected chi connectivity index (χ1v) is 8.06. The van der Waals surface area contributed by atoms with E-state index in [4.69, 9.17) is 0 Å². The van der Waals surface area contributed by atoms with E-state index >= 15 is 0 Å². The van der Waals surface area contributed by atoms with Crippen LogP contribution in [0.2, 0.25) is 0 Å². The number of carbonyl (C=O) groups is 5. The van der Waals surface area contributed by atoms with E-state index in [-0.39, 0.29) is 72.7 Å². The average molecular weight is 561 g/mol. The minimum absolute atomic E-state index is 0. The Morgan fingerprint density at radius 2 is 0.862 bits per heavy atom. The molecule has 0 aliphatic rings. The molecular weight excluding hydrogens is 539 g/mol. The summed E-state index contributed by atoms with van der Waals surface area (Å²) in [7, 11) is 1.14. The number of methoxy groups -OCH3 is 1. The molecule has 0 aromatic heterocycles. The topological polar surface area (TPSA) is 197 Å². The van der Waals surface area contributed by atoms with E-state index in [0.29, 0.717) is 0 Å². The second-order valence-electron chi connectivity index (χ2n) is 5.76. The largest absolute Gasteiger partial charge is 3.00 e. The average Bonchev–Trinajstić information content (AvgIpc) is 2.54. The van der Waals surface area contributed by atoms with Gasteiger partial charge in [-0.3, -0.25) is 19.5 Å². The van der Waals surface area contributed by atoms with E-state index < -0.39 is 56.0 Å². The van der Waals surface area contributed by atoms with Gasteiger partial charge in [-0.15, -0.1) is 0 Å².